The van der Waals surface area contributed by atoms with E-state index in [1.807, 2.05) is 12.1 Å². The third-order valence-electron chi connectivity index (χ3n) is 5.70. The second kappa shape index (κ2) is 12.5. The number of amides is 1. The van der Waals surface area contributed by atoms with Crippen molar-refractivity contribution < 1.29 is 18.7 Å². The van der Waals surface area contributed by atoms with Gasteiger partial charge in [0.1, 0.15) is 11.6 Å². The summed E-state index contributed by atoms with van der Waals surface area (Å²) in [6.07, 6.45) is 3.61. The molecule has 3 aromatic rings. The molecule has 0 aliphatic heterocycles. The average molecular weight is 482 g/mol. The van der Waals surface area contributed by atoms with E-state index < -0.39 is 23.8 Å². The number of rotatable bonds is 11. The molecule has 3 rings (SSSR count). The second-order valence-electron chi connectivity index (χ2n) is 9.31. The molecule has 0 radical (unpaired) electrons. The van der Waals surface area contributed by atoms with Crippen LogP contribution in [0.3, 0.4) is 0 Å². The lowest BCUT2D eigenvalue weighted by Crippen LogP contribution is -2.48. The summed E-state index contributed by atoms with van der Waals surface area (Å²) in [5.74, 6) is -1.19. The molecule has 3 N–H and O–H groups in total. The summed E-state index contributed by atoms with van der Waals surface area (Å²) in [4.78, 5) is 15.8. The van der Waals surface area contributed by atoms with Gasteiger partial charge in [0, 0.05) is 38.5 Å². The van der Waals surface area contributed by atoms with Crippen LogP contribution in [0.5, 0.6) is 0 Å². The highest BCUT2D eigenvalue weighted by atomic mass is 19.1. The van der Waals surface area contributed by atoms with Gasteiger partial charge in [-0.3, -0.25) is 9.78 Å². The smallest absolute Gasteiger partial charge is 0.217 e. The number of aromatic nitrogens is 1. The van der Waals surface area contributed by atoms with Crippen LogP contribution in [0.25, 0.3) is 11.1 Å². The zero-order valence-corrected chi connectivity index (χ0v) is 20.4. The Hall–Kier alpha value is -3.16. The van der Waals surface area contributed by atoms with Gasteiger partial charge in [-0.1, -0.05) is 32.0 Å². The van der Waals surface area contributed by atoms with E-state index >= 15 is 0 Å². The maximum absolute atomic E-state index is 13.6. The van der Waals surface area contributed by atoms with Gasteiger partial charge in [-0.2, -0.15) is 0 Å². The monoisotopic (exact) mass is 481 g/mol. The van der Waals surface area contributed by atoms with Crippen molar-refractivity contribution >= 4 is 5.91 Å². The average Bonchev–Trinajstić information content (AvgIpc) is 2.78. The minimum Gasteiger partial charge on any atom is -0.390 e. The molecule has 1 heterocycles. The lowest BCUT2D eigenvalue weighted by Gasteiger charge is -2.24. The van der Waals surface area contributed by atoms with Crippen molar-refractivity contribution in [2.24, 2.45) is 5.92 Å². The van der Waals surface area contributed by atoms with Crippen molar-refractivity contribution in [2.75, 3.05) is 6.54 Å². The summed E-state index contributed by atoms with van der Waals surface area (Å²) in [5, 5.41) is 16.8. The molecular formula is C28H33F2N3O2. The van der Waals surface area contributed by atoms with Crippen LogP contribution in [-0.4, -0.2) is 34.7 Å². The van der Waals surface area contributed by atoms with Gasteiger partial charge in [0.25, 0.3) is 0 Å². The van der Waals surface area contributed by atoms with Gasteiger partial charge in [-0.05, 0) is 70.8 Å². The Labute approximate surface area is 205 Å². The lowest BCUT2D eigenvalue weighted by molar-refractivity contribution is -0.120. The number of carbonyl (C=O) groups excluding carboxylic acids is 1. The van der Waals surface area contributed by atoms with Gasteiger partial charge >= 0.3 is 0 Å². The molecule has 0 spiro atoms. The van der Waals surface area contributed by atoms with Crippen molar-refractivity contribution in [3.05, 3.63) is 89.2 Å². The molecule has 2 aromatic carbocycles. The molecule has 0 bridgehead atoms. The predicted molar refractivity (Wildman–Crippen MR) is 134 cm³/mol. The third-order valence-corrected chi connectivity index (χ3v) is 5.70. The normalized spacial score (nSPS) is 13.0. The fourth-order valence-corrected chi connectivity index (χ4v) is 4.23. The van der Waals surface area contributed by atoms with E-state index in [4.69, 9.17) is 0 Å². The summed E-state index contributed by atoms with van der Waals surface area (Å²) in [6.45, 7) is 6.39. The van der Waals surface area contributed by atoms with Crippen LogP contribution in [0.4, 0.5) is 8.78 Å². The molecule has 2 atom stereocenters. The van der Waals surface area contributed by atoms with E-state index in [9.17, 15) is 18.7 Å². The van der Waals surface area contributed by atoms with Gasteiger partial charge < -0.3 is 15.7 Å². The van der Waals surface area contributed by atoms with Crippen LogP contribution in [-0.2, 0) is 24.2 Å². The third kappa shape index (κ3) is 8.23. The molecule has 1 amide bonds. The molecule has 0 saturated carbocycles. The molecule has 0 unspecified atom stereocenters. The summed E-state index contributed by atoms with van der Waals surface area (Å²) in [6, 6.07) is 12.9. The zero-order chi connectivity index (χ0) is 25.4. The van der Waals surface area contributed by atoms with E-state index in [2.05, 4.69) is 47.7 Å². The summed E-state index contributed by atoms with van der Waals surface area (Å²) < 4.78 is 27.2. The number of aliphatic hydroxyl groups excluding tert-OH is 1. The molecule has 5 nitrogen and oxygen atoms in total. The molecular weight excluding hydrogens is 448 g/mol. The van der Waals surface area contributed by atoms with Gasteiger partial charge in [-0.25, -0.2) is 8.78 Å². The number of aliphatic hydroxyl groups is 1. The Balaban J connectivity index is 1.73. The first kappa shape index (κ1) is 26.4. The molecule has 7 heteroatoms. The maximum Gasteiger partial charge on any atom is 0.217 e. The van der Waals surface area contributed by atoms with Crippen LogP contribution in [0, 0.1) is 17.6 Å². The van der Waals surface area contributed by atoms with E-state index in [-0.39, 0.29) is 18.9 Å². The standard InChI is InChI=1S/C28H33F2N3O2/c1-18(2)10-20-4-5-26(22-6-8-31-9-7-22)23(11-20)16-32-17-28(35)27(33-19(3)34)14-21-12-24(29)15-25(30)13-21/h4-9,11-13,15,18,27-28,32,35H,10,14,16-17H2,1-3H3,(H,33,34)/t27-,28+/m0/s1. The zero-order valence-electron chi connectivity index (χ0n) is 20.4. The summed E-state index contributed by atoms with van der Waals surface area (Å²) in [7, 11) is 0. The first-order chi connectivity index (χ1) is 16.7. The largest absolute Gasteiger partial charge is 0.390 e. The quantitative estimate of drug-likeness (QED) is 0.379. The number of pyridine rings is 1. The molecule has 0 saturated heterocycles. The Morgan fingerprint density at radius 3 is 2.29 bits per heavy atom. The minimum atomic E-state index is -0.964. The van der Waals surface area contributed by atoms with Crippen LogP contribution < -0.4 is 10.6 Å². The molecule has 1 aromatic heterocycles. The van der Waals surface area contributed by atoms with Gasteiger partial charge in [-0.15, -0.1) is 0 Å². The van der Waals surface area contributed by atoms with E-state index in [1.54, 1.807) is 12.4 Å². The Morgan fingerprint density at radius 2 is 1.66 bits per heavy atom. The number of nitrogens with zero attached hydrogens (tertiary/aromatic N) is 1. The maximum atomic E-state index is 13.6. The van der Waals surface area contributed by atoms with Crippen molar-refractivity contribution in [3.8, 4) is 11.1 Å². The second-order valence-corrected chi connectivity index (χ2v) is 9.31. The summed E-state index contributed by atoms with van der Waals surface area (Å²) >= 11 is 0. The number of benzene rings is 2. The first-order valence-corrected chi connectivity index (χ1v) is 11.8. The van der Waals surface area contributed by atoms with E-state index in [0.29, 0.717) is 18.0 Å². The van der Waals surface area contributed by atoms with E-state index in [1.165, 1.54) is 24.6 Å². The van der Waals surface area contributed by atoms with Crippen molar-refractivity contribution in [3.63, 3.8) is 0 Å². The highest BCUT2D eigenvalue weighted by molar-refractivity contribution is 5.73. The van der Waals surface area contributed by atoms with Gasteiger partial charge in [0.15, 0.2) is 0 Å². The van der Waals surface area contributed by atoms with E-state index in [0.717, 1.165) is 29.2 Å². The minimum absolute atomic E-state index is 0.100. The predicted octanol–water partition coefficient (Wildman–Crippen LogP) is 4.42. The Kier molecular flexibility index (Phi) is 9.46. The van der Waals surface area contributed by atoms with Crippen LogP contribution in [0.15, 0.2) is 60.9 Å². The fraction of sp³-hybridized carbons (Fsp3) is 0.357. The van der Waals surface area contributed by atoms with Crippen LogP contribution in [0.2, 0.25) is 0 Å². The molecule has 186 valence electrons. The summed E-state index contributed by atoms with van der Waals surface area (Å²) in [5.41, 5.74) is 4.82. The molecule has 35 heavy (non-hydrogen) atoms. The number of hydrogen-bond acceptors (Lipinski definition) is 4. The van der Waals surface area contributed by atoms with Crippen molar-refractivity contribution in [1.29, 1.82) is 0 Å². The Bertz CT molecular complexity index is 1100. The Morgan fingerprint density at radius 1 is 0.971 bits per heavy atom. The number of nitrogens with one attached hydrogen (secondary N) is 2. The highest BCUT2D eigenvalue weighted by Crippen LogP contribution is 2.25. The topological polar surface area (TPSA) is 74.2 Å². The van der Waals surface area contributed by atoms with Crippen molar-refractivity contribution in [2.45, 2.75) is 52.3 Å². The molecule has 0 aliphatic carbocycles. The van der Waals surface area contributed by atoms with Crippen molar-refractivity contribution in [1.82, 2.24) is 15.6 Å². The molecule has 0 aliphatic rings. The van der Waals surface area contributed by atoms with Crippen LogP contribution >= 0.6 is 0 Å². The fourth-order valence-electron chi connectivity index (χ4n) is 4.23. The first-order valence-electron chi connectivity index (χ1n) is 11.8. The van der Waals surface area contributed by atoms with Gasteiger partial charge in [0.05, 0.1) is 12.1 Å². The van der Waals surface area contributed by atoms with Gasteiger partial charge in [0.2, 0.25) is 5.91 Å². The SMILES string of the molecule is CC(=O)N[C@@H](Cc1cc(F)cc(F)c1)[C@H](O)CNCc1cc(CC(C)C)ccc1-c1ccncc1. The number of carbonyl (C=O) groups is 1. The number of halogens is 2. The molecule has 0 fully saturated rings. The lowest BCUT2D eigenvalue weighted by atomic mass is 9.94. The number of hydrogen-bond donors (Lipinski definition) is 3. The highest BCUT2D eigenvalue weighted by Gasteiger charge is 2.21. The van der Waals surface area contributed by atoms with Crippen LogP contribution in [0.1, 0.15) is 37.5 Å².